The summed E-state index contributed by atoms with van der Waals surface area (Å²) in [6.45, 7) is 3.30. The fourth-order valence-corrected chi connectivity index (χ4v) is 3.24. The number of rotatable bonds is 5. The highest BCUT2D eigenvalue weighted by Gasteiger charge is 2.28. The van der Waals surface area contributed by atoms with E-state index in [0.29, 0.717) is 5.75 Å². The van der Waals surface area contributed by atoms with E-state index in [4.69, 9.17) is 0 Å². The quantitative estimate of drug-likeness (QED) is 0.809. The lowest BCUT2D eigenvalue weighted by molar-refractivity contribution is 0.281. The van der Waals surface area contributed by atoms with E-state index in [1.54, 1.807) is 0 Å². The van der Waals surface area contributed by atoms with Crippen LogP contribution < -0.4 is 5.32 Å². The van der Waals surface area contributed by atoms with Crippen LogP contribution in [0.4, 0.5) is 0 Å². The van der Waals surface area contributed by atoms with Gasteiger partial charge in [0.15, 0.2) is 0 Å². The maximum atomic E-state index is 11.1. The van der Waals surface area contributed by atoms with Gasteiger partial charge in [0, 0.05) is 17.5 Å². The number of sulfone groups is 1. The van der Waals surface area contributed by atoms with E-state index < -0.39 is 9.84 Å². The lowest BCUT2D eigenvalue weighted by Crippen LogP contribution is -2.44. The highest BCUT2D eigenvalue weighted by molar-refractivity contribution is 7.90. The molecule has 0 radical (unpaired) electrons. The summed E-state index contributed by atoms with van der Waals surface area (Å²) in [5.74, 6) is 0.330. The molecular formula is C12H25NO2S. The molecule has 1 aliphatic heterocycles. The van der Waals surface area contributed by atoms with Crippen LogP contribution in [0.3, 0.4) is 0 Å². The summed E-state index contributed by atoms with van der Waals surface area (Å²) in [6, 6.07) is 0. The van der Waals surface area contributed by atoms with Gasteiger partial charge in [-0.1, -0.05) is 19.8 Å². The molecule has 1 fully saturated rings. The Labute approximate surface area is 99.9 Å². The first-order valence-corrected chi connectivity index (χ1v) is 8.46. The SMILES string of the molecule is CCC1(CCCS(C)(=O)=O)CCCCCN1. The largest absolute Gasteiger partial charge is 0.311 e. The molecule has 0 aromatic heterocycles. The molecule has 3 nitrogen and oxygen atoms in total. The number of hydrogen-bond acceptors (Lipinski definition) is 3. The molecule has 0 aliphatic carbocycles. The topological polar surface area (TPSA) is 46.2 Å². The monoisotopic (exact) mass is 247 g/mol. The molecule has 16 heavy (non-hydrogen) atoms. The van der Waals surface area contributed by atoms with Crippen LogP contribution in [-0.2, 0) is 9.84 Å². The summed E-state index contributed by atoms with van der Waals surface area (Å²) in [5, 5.41) is 3.64. The first-order chi connectivity index (χ1) is 7.47. The normalized spacial score (nSPS) is 27.6. The fourth-order valence-electron chi connectivity index (χ4n) is 2.57. The molecule has 1 saturated heterocycles. The van der Waals surface area contributed by atoms with Crippen LogP contribution in [0.25, 0.3) is 0 Å². The fraction of sp³-hybridized carbons (Fsp3) is 1.00. The molecule has 0 saturated carbocycles. The van der Waals surface area contributed by atoms with E-state index in [1.807, 2.05) is 0 Å². The van der Waals surface area contributed by atoms with Crippen LogP contribution in [0.1, 0.15) is 51.9 Å². The molecule has 0 bridgehead atoms. The minimum Gasteiger partial charge on any atom is -0.311 e. The molecule has 1 rings (SSSR count). The van der Waals surface area contributed by atoms with Gasteiger partial charge in [0.05, 0.1) is 0 Å². The smallest absolute Gasteiger partial charge is 0.147 e. The summed E-state index contributed by atoms with van der Waals surface area (Å²) in [7, 11) is -2.80. The van der Waals surface area contributed by atoms with Crippen molar-refractivity contribution in [2.75, 3.05) is 18.6 Å². The van der Waals surface area contributed by atoms with Gasteiger partial charge in [-0.25, -0.2) is 8.42 Å². The zero-order valence-corrected chi connectivity index (χ0v) is 11.4. The van der Waals surface area contributed by atoms with E-state index in [-0.39, 0.29) is 5.54 Å². The highest BCUT2D eigenvalue weighted by atomic mass is 32.2. The second kappa shape index (κ2) is 6.01. The second-order valence-corrected chi connectivity index (χ2v) is 7.36. The molecule has 1 N–H and O–H groups in total. The molecule has 0 amide bonds. The average molecular weight is 247 g/mol. The predicted molar refractivity (Wildman–Crippen MR) is 68.4 cm³/mol. The zero-order valence-electron chi connectivity index (χ0n) is 10.6. The first kappa shape index (κ1) is 14.0. The van der Waals surface area contributed by atoms with Gasteiger partial charge in [0.2, 0.25) is 0 Å². The number of hydrogen-bond donors (Lipinski definition) is 1. The minimum atomic E-state index is -2.80. The maximum Gasteiger partial charge on any atom is 0.147 e. The highest BCUT2D eigenvalue weighted by Crippen LogP contribution is 2.27. The van der Waals surface area contributed by atoms with Gasteiger partial charge in [0.25, 0.3) is 0 Å². The average Bonchev–Trinajstić information content (AvgIpc) is 2.42. The van der Waals surface area contributed by atoms with Crippen LogP contribution in [0, 0.1) is 0 Å². The summed E-state index contributed by atoms with van der Waals surface area (Å²) >= 11 is 0. The molecule has 1 aliphatic rings. The molecule has 96 valence electrons. The molecule has 0 spiro atoms. The third kappa shape index (κ3) is 4.83. The van der Waals surface area contributed by atoms with Crippen molar-refractivity contribution in [1.29, 1.82) is 0 Å². The van der Waals surface area contributed by atoms with E-state index in [9.17, 15) is 8.42 Å². The predicted octanol–water partition coefficient (Wildman–Crippen LogP) is 2.12. The lowest BCUT2D eigenvalue weighted by Gasteiger charge is -2.33. The van der Waals surface area contributed by atoms with Crippen molar-refractivity contribution < 1.29 is 8.42 Å². The van der Waals surface area contributed by atoms with Crippen LogP contribution in [0.2, 0.25) is 0 Å². The van der Waals surface area contributed by atoms with Gasteiger partial charge in [-0.05, 0) is 38.6 Å². The molecule has 0 aromatic rings. The Bertz CT molecular complexity index is 290. The first-order valence-electron chi connectivity index (χ1n) is 6.40. The summed E-state index contributed by atoms with van der Waals surface area (Å²) in [5.41, 5.74) is 0.210. The minimum absolute atomic E-state index is 0.210. The Balaban J connectivity index is 2.45. The third-order valence-corrected chi connectivity index (χ3v) is 4.71. The summed E-state index contributed by atoms with van der Waals surface area (Å²) in [6.07, 6.45) is 9.26. The van der Waals surface area contributed by atoms with Gasteiger partial charge < -0.3 is 5.32 Å². The van der Waals surface area contributed by atoms with Crippen molar-refractivity contribution in [1.82, 2.24) is 5.32 Å². The molecule has 1 heterocycles. The Morgan fingerprint density at radius 2 is 2.00 bits per heavy atom. The van der Waals surface area contributed by atoms with Crippen molar-refractivity contribution in [3.05, 3.63) is 0 Å². The van der Waals surface area contributed by atoms with Gasteiger partial charge >= 0.3 is 0 Å². The van der Waals surface area contributed by atoms with Crippen LogP contribution in [0.15, 0.2) is 0 Å². The number of nitrogens with one attached hydrogen (secondary N) is 1. The molecule has 1 unspecified atom stereocenters. The maximum absolute atomic E-state index is 11.1. The Morgan fingerprint density at radius 3 is 2.62 bits per heavy atom. The van der Waals surface area contributed by atoms with Crippen molar-refractivity contribution in [2.24, 2.45) is 0 Å². The van der Waals surface area contributed by atoms with Gasteiger partial charge in [-0.15, -0.1) is 0 Å². The van der Waals surface area contributed by atoms with Crippen LogP contribution in [-0.4, -0.2) is 32.5 Å². The van der Waals surface area contributed by atoms with E-state index >= 15 is 0 Å². The van der Waals surface area contributed by atoms with E-state index in [2.05, 4.69) is 12.2 Å². The lowest BCUT2D eigenvalue weighted by atomic mass is 9.86. The van der Waals surface area contributed by atoms with E-state index in [0.717, 1.165) is 25.8 Å². The molecule has 0 aromatic carbocycles. The Morgan fingerprint density at radius 1 is 1.25 bits per heavy atom. The second-order valence-electron chi connectivity index (χ2n) is 5.10. The standard InChI is InChI=1S/C12H25NO2S/c1-3-12(8-5-4-6-10-13-12)9-7-11-16(2,14)15/h13H,3-11H2,1-2H3. The Hall–Kier alpha value is -0.0900. The van der Waals surface area contributed by atoms with Gasteiger partial charge in [0.1, 0.15) is 9.84 Å². The van der Waals surface area contributed by atoms with Crippen molar-refractivity contribution >= 4 is 9.84 Å². The molecular weight excluding hydrogens is 222 g/mol. The third-order valence-electron chi connectivity index (χ3n) is 3.68. The zero-order chi connectivity index (χ0) is 12.1. The van der Waals surface area contributed by atoms with Crippen molar-refractivity contribution in [3.63, 3.8) is 0 Å². The van der Waals surface area contributed by atoms with Crippen LogP contribution in [0.5, 0.6) is 0 Å². The van der Waals surface area contributed by atoms with Gasteiger partial charge in [-0.3, -0.25) is 0 Å². The summed E-state index contributed by atoms with van der Waals surface area (Å²) in [4.78, 5) is 0. The van der Waals surface area contributed by atoms with E-state index in [1.165, 1.54) is 31.9 Å². The van der Waals surface area contributed by atoms with Crippen LogP contribution >= 0.6 is 0 Å². The van der Waals surface area contributed by atoms with Gasteiger partial charge in [-0.2, -0.15) is 0 Å². The summed E-state index contributed by atoms with van der Waals surface area (Å²) < 4.78 is 22.2. The molecule has 1 atom stereocenters. The van der Waals surface area contributed by atoms with Crippen molar-refractivity contribution in [3.8, 4) is 0 Å². The Kier molecular flexibility index (Phi) is 5.25. The van der Waals surface area contributed by atoms with Crippen molar-refractivity contribution in [2.45, 2.75) is 57.4 Å². The molecule has 4 heteroatoms.